The molecule has 0 bridgehead atoms. The molecular formula is C17H26N2O2. The SMILES string of the molecule is Cc1oc(CN(C)Cc2ccco2)cc1CNC(C)(C)C. The Morgan fingerprint density at radius 2 is 1.90 bits per heavy atom. The maximum absolute atomic E-state index is 5.86. The molecule has 2 aromatic rings. The van der Waals surface area contributed by atoms with Gasteiger partial charge in [-0.15, -0.1) is 0 Å². The van der Waals surface area contributed by atoms with Crippen molar-refractivity contribution in [2.75, 3.05) is 7.05 Å². The van der Waals surface area contributed by atoms with E-state index in [9.17, 15) is 0 Å². The highest BCUT2D eigenvalue weighted by molar-refractivity contribution is 5.21. The molecule has 0 spiro atoms. The fraction of sp³-hybridized carbons (Fsp3) is 0.529. The molecule has 2 rings (SSSR count). The van der Waals surface area contributed by atoms with Gasteiger partial charge in [0.2, 0.25) is 0 Å². The van der Waals surface area contributed by atoms with E-state index in [2.05, 4.69) is 44.1 Å². The van der Waals surface area contributed by atoms with Crippen LogP contribution in [0, 0.1) is 6.92 Å². The van der Waals surface area contributed by atoms with Crippen LogP contribution in [0.3, 0.4) is 0 Å². The van der Waals surface area contributed by atoms with Gasteiger partial charge in [0.25, 0.3) is 0 Å². The molecule has 21 heavy (non-hydrogen) atoms. The summed E-state index contributed by atoms with van der Waals surface area (Å²) in [4.78, 5) is 2.18. The average Bonchev–Trinajstić information content (AvgIpc) is 2.96. The molecule has 0 aromatic carbocycles. The third-order valence-electron chi connectivity index (χ3n) is 3.31. The van der Waals surface area contributed by atoms with Crippen LogP contribution in [-0.4, -0.2) is 17.5 Å². The van der Waals surface area contributed by atoms with E-state index in [0.29, 0.717) is 0 Å². The van der Waals surface area contributed by atoms with Crippen molar-refractivity contribution in [3.63, 3.8) is 0 Å². The maximum atomic E-state index is 5.86. The van der Waals surface area contributed by atoms with Crippen molar-refractivity contribution in [3.8, 4) is 0 Å². The lowest BCUT2D eigenvalue weighted by molar-refractivity contribution is 0.262. The largest absolute Gasteiger partial charge is 0.468 e. The van der Waals surface area contributed by atoms with Crippen LogP contribution >= 0.6 is 0 Å². The van der Waals surface area contributed by atoms with Crippen LogP contribution in [-0.2, 0) is 19.6 Å². The number of hydrogen-bond acceptors (Lipinski definition) is 4. The Balaban J connectivity index is 1.92. The first-order valence-corrected chi connectivity index (χ1v) is 7.37. The van der Waals surface area contributed by atoms with Gasteiger partial charge in [-0.3, -0.25) is 4.90 Å². The first-order valence-electron chi connectivity index (χ1n) is 7.37. The normalized spacial score (nSPS) is 12.3. The van der Waals surface area contributed by atoms with Gasteiger partial charge < -0.3 is 14.2 Å². The Hall–Kier alpha value is -1.52. The second kappa shape index (κ2) is 6.50. The van der Waals surface area contributed by atoms with E-state index < -0.39 is 0 Å². The summed E-state index contributed by atoms with van der Waals surface area (Å²) in [6, 6.07) is 6.05. The highest BCUT2D eigenvalue weighted by Crippen LogP contribution is 2.18. The second-order valence-corrected chi connectivity index (χ2v) is 6.65. The van der Waals surface area contributed by atoms with E-state index in [1.807, 2.05) is 19.1 Å². The van der Waals surface area contributed by atoms with Crippen LogP contribution in [0.25, 0.3) is 0 Å². The molecule has 0 atom stereocenters. The van der Waals surface area contributed by atoms with Crippen LogP contribution < -0.4 is 5.32 Å². The minimum Gasteiger partial charge on any atom is -0.468 e. The topological polar surface area (TPSA) is 41.6 Å². The molecule has 116 valence electrons. The van der Waals surface area contributed by atoms with Crippen LogP contribution in [0.4, 0.5) is 0 Å². The monoisotopic (exact) mass is 290 g/mol. The van der Waals surface area contributed by atoms with E-state index in [0.717, 1.165) is 36.9 Å². The Morgan fingerprint density at radius 3 is 2.52 bits per heavy atom. The van der Waals surface area contributed by atoms with Crippen molar-refractivity contribution < 1.29 is 8.83 Å². The minimum atomic E-state index is 0.111. The Labute approximate surface area is 127 Å². The lowest BCUT2D eigenvalue weighted by Gasteiger charge is -2.20. The number of furan rings is 2. The zero-order valence-electron chi connectivity index (χ0n) is 13.7. The van der Waals surface area contributed by atoms with Gasteiger partial charge in [-0.05, 0) is 52.9 Å². The molecule has 1 N–H and O–H groups in total. The van der Waals surface area contributed by atoms with Gasteiger partial charge in [0.05, 0.1) is 19.4 Å². The predicted molar refractivity (Wildman–Crippen MR) is 83.9 cm³/mol. The lowest BCUT2D eigenvalue weighted by atomic mass is 10.1. The first kappa shape index (κ1) is 15.9. The smallest absolute Gasteiger partial charge is 0.118 e. The Kier molecular flexibility index (Phi) is 4.91. The summed E-state index contributed by atoms with van der Waals surface area (Å²) >= 11 is 0. The summed E-state index contributed by atoms with van der Waals surface area (Å²) in [5.74, 6) is 2.95. The van der Waals surface area contributed by atoms with E-state index in [1.54, 1.807) is 6.26 Å². The summed E-state index contributed by atoms with van der Waals surface area (Å²) in [5, 5.41) is 3.49. The Bertz CT molecular complexity index is 550. The predicted octanol–water partition coefficient (Wildman–Crippen LogP) is 3.70. The van der Waals surface area contributed by atoms with Crippen molar-refractivity contribution in [1.82, 2.24) is 10.2 Å². The summed E-state index contributed by atoms with van der Waals surface area (Å²) in [5.41, 5.74) is 1.34. The molecule has 4 heteroatoms. The highest BCUT2D eigenvalue weighted by atomic mass is 16.3. The van der Waals surface area contributed by atoms with Gasteiger partial charge in [-0.2, -0.15) is 0 Å². The van der Waals surface area contributed by atoms with Crippen LogP contribution in [0.5, 0.6) is 0 Å². The third kappa shape index (κ3) is 5.06. The van der Waals surface area contributed by atoms with Gasteiger partial charge in [-0.1, -0.05) is 0 Å². The first-order chi connectivity index (χ1) is 9.83. The highest BCUT2D eigenvalue weighted by Gasteiger charge is 2.13. The van der Waals surface area contributed by atoms with Crippen LogP contribution in [0.2, 0.25) is 0 Å². The van der Waals surface area contributed by atoms with Gasteiger partial charge >= 0.3 is 0 Å². The molecule has 0 aliphatic carbocycles. The molecule has 4 nitrogen and oxygen atoms in total. The maximum Gasteiger partial charge on any atom is 0.118 e. The molecule has 0 saturated carbocycles. The number of aryl methyl sites for hydroxylation is 1. The number of rotatable bonds is 6. The summed E-state index contributed by atoms with van der Waals surface area (Å²) < 4.78 is 11.2. The second-order valence-electron chi connectivity index (χ2n) is 6.65. The summed E-state index contributed by atoms with van der Waals surface area (Å²) in [6.07, 6.45) is 1.70. The molecule has 0 aliphatic heterocycles. The molecule has 0 aliphatic rings. The zero-order chi connectivity index (χ0) is 15.5. The van der Waals surface area contributed by atoms with Gasteiger partial charge in [0, 0.05) is 17.6 Å². The molecule has 0 fully saturated rings. The van der Waals surface area contributed by atoms with Gasteiger partial charge in [-0.25, -0.2) is 0 Å². The zero-order valence-corrected chi connectivity index (χ0v) is 13.7. The van der Waals surface area contributed by atoms with E-state index in [1.165, 1.54) is 5.56 Å². The molecule has 0 unspecified atom stereocenters. The van der Waals surface area contributed by atoms with Crippen LogP contribution in [0.15, 0.2) is 33.3 Å². The third-order valence-corrected chi connectivity index (χ3v) is 3.31. The number of nitrogens with zero attached hydrogens (tertiary/aromatic N) is 1. The van der Waals surface area contributed by atoms with Gasteiger partial charge in [0.15, 0.2) is 0 Å². The summed E-state index contributed by atoms with van der Waals surface area (Å²) in [7, 11) is 2.06. The van der Waals surface area contributed by atoms with E-state index in [-0.39, 0.29) is 5.54 Å². The molecule has 2 heterocycles. The van der Waals surface area contributed by atoms with Crippen LogP contribution in [0.1, 0.15) is 43.6 Å². The molecular weight excluding hydrogens is 264 g/mol. The molecule has 2 aromatic heterocycles. The average molecular weight is 290 g/mol. The molecule has 0 amide bonds. The molecule has 0 radical (unpaired) electrons. The van der Waals surface area contributed by atoms with Gasteiger partial charge in [0.1, 0.15) is 17.3 Å². The fourth-order valence-corrected chi connectivity index (χ4v) is 2.19. The number of hydrogen-bond donors (Lipinski definition) is 1. The quantitative estimate of drug-likeness (QED) is 0.880. The van der Waals surface area contributed by atoms with E-state index >= 15 is 0 Å². The standard InChI is InChI=1S/C17H26N2O2/c1-13-14(10-18-17(2,3)4)9-16(21-13)12-19(5)11-15-7-6-8-20-15/h6-9,18H,10-12H2,1-5H3. The van der Waals surface area contributed by atoms with Crippen molar-refractivity contribution >= 4 is 0 Å². The summed E-state index contributed by atoms with van der Waals surface area (Å²) in [6.45, 7) is 10.9. The van der Waals surface area contributed by atoms with Crippen molar-refractivity contribution in [2.45, 2.75) is 52.9 Å². The number of nitrogens with one attached hydrogen (secondary N) is 1. The van der Waals surface area contributed by atoms with Crippen molar-refractivity contribution in [3.05, 3.63) is 47.3 Å². The van der Waals surface area contributed by atoms with Crippen molar-refractivity contribution in [2.24, 2.45) is 0 Å². The fourth-order valence-electron chi connectivity index (χ4n) is 2.19. The van der Waals surface area contributed by atoms with E-state index in [4.69, 9.17) is 8.83 Å². The minimum absolute atomic E-state index is 0.111. The van der Waals surface area contributed by atoms with Crippen molar-refractivity contribution in [1.29, 1.82) is 0 Å². The Morgan fingerprint density at radius 1 is 1.19 bits per heavy atom. The molecule has 0 saturated heterocycles. The lowest BCUT2D eigenvalue weighted by Crippen LogP contribution is -2.35.